The van der Waals surface area contributed by atoms with Gasteiger partial charge in [0.25, 0.3) is 5.91 Å². The van der Waals surface area contributed by atoms with Gasteiger partial charge in [-0.15, -0.1) is 6.42 Å². The largest absolute Gasteiger partial charge is 0.379 e. The van der Waals surface area contributed by atoms with Crippen molar-refractivity contribution >= 4 is 28.2 Å². The Labute approximate surface area is 184 Å². The third kappa shape index (κ3) is 5.64. The highest BCUT2D eigenvalue weighted by Gasteiger charge is 2.12. The van der Waals surface area contributed by atoms with Crippen molar-refractivity contribution in [1.29, 1.82) is 0 Å². The van der Waals surface area contributed by atoms with Gasteiger partial charge in [-0.25, -0.2) is 9.97 Å². The SMILES string of the molecule is C#CCNC(=O)c1cncc(-c2cnc(Nc3cc(CN4CCOCC4)ccn3)s2)c1. The minimum absolute atomic E-state index is 0.176. The Morgan fingerprint density at radius 2 is 2.10 bits per heavy atom. The Hall–Kier alpha value is -3.32. The molecule has 3 aromatic heterocycles. The molecule has 1 amide bonds. The molecule has 158 valence electrons. The van der Waals surface area contributed by atoms with E-state index >= 15 is 0 Å². The molecule has 1 fully saturated rings. The summed E-state index contributed by atoms with van der Waals surface area (Å²) in [4.78, 5) is 28.4. The Balaban J connectivity index is 1.43. The van der Waals surface area contributed by atoms with Crippen molar-refractivity contribution in [3.8, 4) is 22.8 Å². The highest BCUT2D eigenvalue weighted by Crippen LogP contribution is 2.30. The van der Waals surface area contributed by atoms with Gasteiger partial charge >= 0.3 is 0 Å². The number of aromatic nitrogens is 3. The van der Waals surface area contributed by atoms with Crippen LogP contribution in [0.15, 0.2) is 43.0 Å². The number of terminal acetylenes is 1. The Bertz CT molecular complexity index is 1090. The van der Waals surface area contributed by atoms with Crippen molar-refractivity contribution in [1.82, 2.24) is 25.2 Å². The summed E-state index contributed by atoms with van der Waals surface area (Å²) in [5, 5.41) is 6.63. The molecule has 1 aliphatic rings. The van der Waals surface area contributed by atoms with Crippen LogP contribution in [-0.4, -0.2) is 58.6 Å². The third-order valence-electron chi connectivity index (χ3n) is 4.71. The maximum atomic E-state index is 12.1. The molecular formula is C22H22N6O2S. The van der Waals surface area contributed by atoms with E-state index in [0.717, 1.165) is 49.1 Å². The molecule has 0 aromatic carbocycles. The van der Waals surface area contributed by atoms with Crippen LogP contribution < -0.4 is 10.6 Å². The average molecular weight is 435 g/mol. The maximum Gasteiger partial charge on any atom is 0.253 e. The number of anilines is 2. The number of nitrogens with zero attached hydrogens (tertiary/aromatic N) is 4. The number of carbonyl (C=O) groups is 1. The van der Waals surface area contributed by atoms with Crippen LogP contribution in [0.4, 0.5) is 10.9 Å². The van der Waals surface area contributed by atoms with Crippen LogP contribution in [0.5, 0.6) is 0 Å². The minimum Gasteiger partial charge on any atom is -0.379 e. The Morgan fingerprint density at radius 1 is 1.23 bits per heavy atom. The smallest absolute Gasteiger partial charge is 0.253 e. The molecule has 4 rings (SSSR count). The molecule has 31 heavy (non-hydrogen) atoms. The fourth-order valence-corrected chi connectivity index (χ4v) is 3.97. The fraction of sp³-hybridized carbons (Fsp3) is 0.273. The third-order valence-corrected chi connectivity index (χ3v) is 5.67. The van der Waals surface area contributed by atoms with Crippen molar-refractivity contribution < 1.29 is 9.53 Å². The number of pyridine rings is 2. The number of rotatable bonds is 7. The molecule has 4 heterocycles. The highest BCUT2D eigenvalue weighted by atomic mass is 32.1. The first-order chi connectivity index (χ1) is 15.2. The van der Waals surface area contributed by atoms with Crippen LogP contribution in [0, 0.1) is 12.3 Å². The summed E-state index contributed by atoms with van der Waals surface area (Å²) in [7, 11) is 0. The Morgan fingerprint density at radius 3 is 2.94 bits per heavy atom. The van der Waals surface area contributed by atoms with Crippen LogP contribution >= 0.6 is 11.3 Å². The summed E-state index contributed by atoms with van der Waals surface area (Å²) in [6.45, 7) is 4.47. The molecule has 1 aliphatic heterocycles. The first-order valence-electron chi connectivity index (χ1n) is 9.86. The monoisotopic (exact) mass is 434 g/mol. The number of hydrogen-bond donors (Lipinski definition) is 2. The van der Waals surface area contributed by atoms with Gasteiger partial charge in [-0.05, 0) is 23.8 Å². The lowest BCUT2D eigenvalue weighted by Crippen LogP contribution is -2.35. The maximum absolute atomic E-state index is 12.1. The molecule has 0 bridgehead atoms. The van der Waals surface area contributed by atoms with Gasteiger partial charge in [-0.2, -0.15) is 0 Å². The van der Waals surface area contributed by atoms with Crippen LogP contribution in [0.3, 0.4) is 0 Å². The molecule has 0 atom stereocenters. The van der Waals surface area contributed by atoms with E-state index in [1.165, 1.54) is 23.1 Å². The molecule has 8 nitrogen and oxygen atoms in total. The molecule has 0 spiro atoms. The van der Waals surface area contributed by atoms with Gasteiger partial charge in [-0.1, -0.05) is 17.3 Å². The van der Waals surface area contributed by atoms with Crippen molar-refractivity contribution in [2.24, 2.45) is 0 Å². The van der Waals surface area contributed by atoms with E-state index < -0.39 is 0 Å². The lowest BCUT2D eigenvalue weighted by Gasteiger charge is -2.26. The van der Waals surface area contributed by atoms with Crippen LogP contribution in [-0.2, 0) is 11.3 Å². The molecule has 9 heteroatoms. The Kier molecular flexibility index (Phi) is 6.84. The van der Waals surface area contributed by atoms with Gasteiger partial charge in [0.1, 0.15) is 5.82 Å². The number of ether oxygens (including phenoxy) is 1. The molecule has 0 unspecified atom stereocenters. The summed E-state index contributed by atoms with van der Waals surface area (Å²) in [6, 6.07) is 5.84. The van der Waals surface area contributed by atoms with E-state index in [1.807, 2.05) is 12.1 Å². The van der Waals surface area contributed by atoms with Crippen LogP contribution in [0.1, 0.15) is 15.9 Å². The number of carbonyl (C=O) groups excluding carboxylic acids is 1. The molecule has 0 radical (unpaired) electrons. The van der Waals surface area contributed by atoms with Gasteiger partial charge in [0.15, 0.2) is 5.13 Å². The summed E-state index contributed by atoms with van der Waals surface area (Å²) in [6.07, 6.45) is 12.0. The van der Waals surface area contributed by atoms with E-state index in [4.69, 9.17) is 11.2 Å². The fourth-order valence-electron chi connectivity index (χ4n) is 3.17. The van der Waals surface area contributed by atoms with Crippen molar-refractivity contribution in [2.45, 2.75) is 6.54 Å². The zero-order valence-electron chi connectivity index (χ0n) is 16.9. The van der Waals surface area contributed by atoms with Crippen molar-refractivity contribution in [3.05, 3.63) is 54.1 Å². The van der Waals surface area contributed by atoms with Crippen molar-refractivity contribution in [3.63, 3.8) is 0 Å². The zero-order valence-corrected chi connectivity index (χ0v) is 17.7. The molecule has 3 aromatic rings. The molecule has 0 saturated carbocycles. The number of thiazole rings is 1. The second-order valence-electron chi connectivity index (χ2n) is 6.94. The summed E-state index contributed by atoms with van der Waals surface area (Å²) in [5.74, 6) is 2.87. The average Bonchev–Trinajstić information content (AvgIpc) is 3.27. The molecule has 1 saturated heterocycles. The predicted molar refractivity (Wildman–Crippen MR) is 120 cm³/mol. The lowest BCUT2D eigenvalue weighted by molar-refractivity contribution is 0.0342. The van der Waals surface area contributed by atoms with Crippen LogP contribution in [0.2, 0.25) is 0 Å². The van der Waals surface area contributed by atoms with E-state index in [2.05, 4.69) is 36.4 Å². The van der Waals surface area contributed by atoms with E-state index in [1.54, 1.807) is 24.7 Å². The van der Waals surface area contributed by atoms with Crippen molar-refractivity contribution in [2.75, 3.05) is 38.2 Å². The second kappa shape index (κ2) is 10.1. The van der Waals surface area contributed by atoms with Gasteiger partial charge in [0.05, 0.1) is 30.2 Å². The van der Waals surface area contributed by atoms with Crippen LogP contribution in [0.25, 0.3) is 10.4 Å². The van der Waals surface area contributed by atoms with Gasteiger partial charge in [-0.3, -0.25) is 14.7 Å². The summed E-state index contributed by atoms with van der Waals surface area (Å²) >= 11 is 1.47. The normalized spacial score (nSPS) is 14.0. The highest BCUT2D eigenvalue weighted by molar-refractivity contribution is 7.18. The minimum atomic E-state index is -0.253. The lowest BCUT2D eigenvalue weighted by atomic mass is 10.2. The first-order valence-corrected chi connectivity index (χ1v) is 10.7. The van der Waals surface area contributed by atoms with E-state index in [9.17, 15) is 4.79 Å². The number of nitrogens with one attached hydrogen (secondary N) is 2. The number of hydrogen-bond acceptors (Lipinski definition) is 8. The van der Waals surface area contributed by atoms with E-state index in [-0.39, 0.29) is 12.5 Å². The summed E-state index contributed by atoms with van der Waals surface area (Å²) in [5.41, 5.74) is 2.45. The van der Waals surface area contributed by atoms with Gasteiger partial charge in [0, 0.05) is 50.0 Å². The second-order valence-corrected chi connectivity index (χ2v) is 7.97. The molecular weight excluding hydrogens is 412 g/mol. The molecule has 2 N–H and O–H groups in total. The summed E-state index contributed by atoms with van der Waals surface area (Å²) < 4.78 is 5.41. The van der Waals surface area contributed by atoms with E-state index in [0.29, 0.717) is 10.7 Å². The van der Waals surface area contributed by atoms with Gasteiger partial charge < -0.3 is 15.4 Å². The zero-order chi connectivity index (χ0) is 21.5. The predicted octanol–water partition coefficient (Wildman–Crippen LogP) is 2.54. The number of morpholine rings is 1. The number of amides is 1. The molecule has 0 aliphatic carbocycles. The topological polar surface area (TPSA) is 92.3 Å². The van der Waals surface area contributed by atoms with Gasteiger partial charge in [0.2, 0.25) is 0 Å². The first kappa shape index (κ1) is 20.9. The quantitative estimate of drug-likeness (QED) is 0.552. The standard InChI is InChI=1S/C22H22N6O2S/c1-2-4-25-21(29)18-11-17(12-23-13-18)19-14-26-22(31-19)27-20-10-16(3-5-24-20)15-28-6-8-30-9-7-28/h1,3,5,10-14H,4,6-9,15H2,(H,25,29)(H,24,26,27).